The summed E-state index contributed by atoms with van der Waals surface area (Å²) in [6, 6.07) is 2.02. The molecule has 0 aliphatic heterocycles. The fourth-order valence-electron chi connectivity index (χ4n) is 2.29. The maximum atomic E-state index is 12.5. The maximum Gasteiger partial charge on any atom is 0.272 e. The van der Waals surface area contributed by atoms with Crippen molar-refractivity contribution in [3.8, 4) is 6.07 Å². The third kappa shape index (κ3) is 4.89. The Bertz CT molecular complexity index is 546. The summed E-state index contributed by atoms with van der Waals surface area (Å²) in [4.78, 5) is 17.1. The van der Waals surface area contributed by atoms with Gasteiger partial charge in [-0.2, -0.15) is 5.26 Å². The van der Waals surface area contributed by atoms with Crippen LogP contribution in [0.3, 0.4) is 0 Å². The SMILES string of the molecule is CCCCCc1nc(SC)c(C#N)c(=O)n1CCCCC. The molecule has 0 aromatic carbocycles. The van der Waals surface area contributed by atoms with Crippen LogP contribution in [0.5, 0.6) is 0 Å². The van der Waals surface area contributed by atoms with E-state index < -0.39 is 0 Å². The van der Waals surface area contributed by atoms with Gasteiger partial charge >= 0.3 is 0 Å². The van der Waals surface area contributed by atoms with Crippen molar-refractivity contribution >= 4 is 11.8 Å². The van der Waals surface area contributed by atoms with Crippen LogP contribution in [-0.4, -0.2) is 15.8 Å². The molecule has 0 spiro atoms. The third-order valence-electron chi connectivity index (χ3n) is 3.51. The molecule has 0 N–H and O–H groups in total. The highest BCUT2D eigenvalue weighted by Crippen LogP contribution is 2.16. The zero-order valence-corrected chi connectivity index (χ0v) is 14.1. The van der Waals surface area contributed by atoms with Gasteiger partial charge in [-0.1, -0.05) is 39.5 Å². The van der Waals surface area contributed by atoms with E-state index in [1.807, 2.05) is 12.3 Å². The topological polar surface area (TPSA) is 58.7 Å². The molecule has 4 nitrogen and oxygen atoms in total. The lowest BCUT2D eigenvalue weighted by molar-refractivity contribution is 0.534. The Morgan fingerprint density at radius 3 is 2.43 bits per heavy atom. The summed E-state index contributed by atoms with van der Waals surface area (Å²) < 4.78 is 1.73. The Labute approximate surface area is 131 Å². The highest BCUT2D eigenvalue weighted by molar-refractivity contribution is 7.98. The summed E-state index contributed by atoms with van der Waals surface area (Å²) in [5.41, 5.74) is 0.0256. The number of thioether (sulfide) groups is 1. The van der Waals surface area contributed by atoms with Gasteiger partial charge in [-0.25, -0.2) is 4.98 Å². The van der Waals surface area contributed by atoms with Crippen molar-refractivity contribution in [2.75, 3.05) is 6.26 Å². The number of unbranched alkanes of at least 4 members (excludes halogenated alkanes) is 4. The number of aryl methyl sites for hydroxylation is 1. The second-order valence-electron chi connectivity index (χ2n) is 5.15. The molecular weight excluding hydrogens is 282 g/mol. The quantitative estimate of drug-likeness (QED) is 0.396. The largest absolute Gasteiger partial charge is 0.295 e. The molecule has 0 aliphatic carbocycles. The molecule has 0 unspecified atom stereocenters. The van der Waals surface area contributed by atoms with Crippen LogP contribution in [0, 0.1) is 11.3 Å². The molecule has 0 radical (unpaired) electrons. The van der Waals surface area contributed by atoms with Crippen LogP contribution < -0.4 is 5.56 Å². The van der Waals surface area contributed by atoms with E-state index in [0.717, 1.165) is 50.8 Å². The van der Waals surface area contributed by atoms with Crippen molar-refractivity contribution in [1.29, 1.82) is 5.26 Å². The van der Waals surface area contributed by atoms with Crippen LogP contribution in [0.2, 0.25) is 0 Å². The Hall–Kier alpha value is -1.28. The average molecular weight is 307 g/mol. The van der Waals surface area contributed by atoms with Gasteiger partial charge in [0.25, 0.3) is 5.56 Å². The van der Waals surface area contributed by atoms with Gasteiger partial charge in [0.15, 0.2) is 0 Å². The molecule has 0 aliphatic rings. The molecule has 1 aromatic heterocycles. The van der Waals surface area contributed by atoms with Crippen LogP contribution in [0.15, 0.2) is 9.82 Å². The number of nitrogens with zero attached hydrogens (tertiary/aromatic N) is 3. The second-order valence-corrected chi connectivity index (χ2v) is 5.94. The first-order valence-corrected chi connectivity index (χ1v) is 8.99. The molecule has 116 valence electrons. The van der Waals surface area contributed by atoms with Crippen molar-refractivity contribution in [1.82, 2.24) is 9.55 Å². The predicted octanol–water partition coefficient (Wildman–Crippen LogP) is 3.76. The maximum absolute atomic E-state index is 12.5. The van der Waals surface area contributed by atoms with Crippen LogP contribution in [0.1, 0.15) is 63.8 Å². The molecule has 0 saturated heterocycles. The molecule has 0 atom stereocenters. The van der Waals surface area contributed by atoms with Gasteiger partial charge in [-0.3, -0.25) is 9.36 Å². The van der Waals surface area contributed by atoms with Gasteiger partial charge in [-0.05, 0) is 19.1 Å². The lowest BCUT2D eigenvalue weighted by atomic mass is 10.2. The monoisotopic (exact) mass is 307 g/mol. The number of hydrogen-bond donors (Lipinski definition) is 0. The Balaban J connectivity index is 3.14. The molecule has 21 heavy (non-hydrogen) atoms. The van der Waals surface area contributed by atoms with Crippen LogP contribution >= 0.6 is 11.8 Å². The van der Waals surface area contributed by atoms with Crippen molar-refractivity contribution in [3.63, 3.8) is 0 Å². The molecule has 1 heterocycles. The first-order chi connectivity index (χ1) is 10.2. The van der Waals surface area contributed by atoms with Gasteiger partial charge < -0.3 is 0 Å². The van der Waals surface area contributed by atoms with Crippen molar-refractivity contribution in [2.24, 2.45) is 0 Å². The van der Waals surface area contributed by atoms with Gasteiger partial charge in [-0.15, -0.1) is 11.8 Å². The van der Waals surface area contributed by atoms with E-state index in [4.69, 9.17) is 0 Å². The van der Waals surface area contributed by atoms with Crippen LogP contribution in [0.25, 0.3) is 0 Å². The zero-order chi connectivity index (χ0) is 15.7. The summed E-state index contributed by atoms with van der Waals surface area (Å²) >= 11 is 1.38. The van der Waals surface area contributed by atoms with Crippen LogP contribution in [0.4, 0.5) is 0 Å². The number of hydrogen-bond acceptors (Lipinski definition) is 4. The fourth-order valence-corrected chi connectivity index (χ4v) is 2.83. The molecule has 0 amide bonds. The summed E-state index contributed by atoms with van der Waals surface area (Å²) in [6.07, 6.45) is 9.16. The number of nitriles is 1. The first kappa shape index (κ1) is 17.8. The van der Waals surface area contributed by atoms with E-state index in [-0.39, 0.29) is 11.1 Å². The fraction of sp³-hybridized carbons (Fsp3) is 0.688. The van der Waals surface area contributed by atoms with E-state index in [1.54, 1.807) is 4.57 Å². The first-order valence-electron chi connectivity index (χ1n) is 7.77. The molecule has 0 bridgehead atoms. The average Bonchev–Trinajstić information content (AvgIpc) is 2.49. The standard InChI is InChI=1S/C16H25N3OS/c1-4-6-8-10-14-18-15(21-3)13(12-17)16(20)19(14)11-9-7-5-2/h4-11H2,1-3H3. The Kier molecular flexibility index (Phi) is 8.14. The minimum atomic E-state index is -0.167. The highest BCUT2D eigenvalue weighted by atomic mass is 32.2. The second kappa shape index (κ2) is 9.62. The van der Waals surface area contributed by atoms with Gasteiger partial charge in [0.05, 0.1) is 0 Å². The van der Waals surface area contributed by atoms with Gasteiger partial charge in [0.2, 0.25) is 0 Å². The van der Waals surface area contributed by atoms with E-state index in [2.05, 4.69) is 18.8 Å². The van der Waals surface area contributed by atoms with Crippen molar-refractivity contribution < 1.29 is 0 Å². The lowest BCUT2D eigenvalue weighted by Crippen LogP contribution is -2.28. The highest BCUT2D eigenvalue weighted by Gasteiger charge is 2.15. The lowest BCUT2D eigenvalue weighted by Gasteiger charge is -2.14. The smallest absolute Gasteiger partial charge is 0.272 e. The Morgan fingerprint density at radius 2 is 1.86 bits per heavy atom. The van der Waals surface area contributed by atoms with Crippen molar-refractivity contribution in [2.45, 2.75) is 70.4 Å². The molecule has 5 heteroatoms. The summed E-state index contributed by atoms with van der Waals surface area (Å²) in [7, 11) is 0. The van der Waals surface area contributed by atoms with E-state index in [0.29, 0.717) is 11.6 Å². The molecule has 0 saturated carbocycles. The molecule has 1 rings (SSSR count). The van der Waals surface area contributed by atoms with Crippen molar-refractivity contribution in [3.05, 3.63) is 21.7 Å². The molecule has 0 fully saturated rings. The predicted molar refractivity (Wildman–Crippen MR) is 87.7 cm³/mol. The normalized spacial score (nSPS) is 10.6. The Morgan fingerprint density at radius 1 is 1.19 bits per heavy atom. The zero-order valence-electron chi connectivity index (χ0n) is 13.3. The number of aromatic nitrogens is 2. The summed E-state index contributed by atoms with van der Waals surface area (Å²) in [5.74, 6) is 0.841. The van der Waals surface area contributed by atoms with E-state index in [9.17, 15) is 10.1 Å². The van der Waals surface area contributed by atoms with Crippen LogP contribution in [-0.2, 0) is 13.0 Å². The molecule has 1 aromatic rings. The minimum absolute atomic E-state index is 0.167. The van der Waals surface area contributed by atoms with E-state index in [1.165, 1.54) is 11.8 Å². The number of rotatable bonds is 9. The summed E-state index contributed by atoms with van der Waals surface area (Å²) in [6.45, 7) is 4.97. The van der Waals surface area contributed by atoms with Gasteiger partial charge in [0, 0.05) is 13.0 Å². The van der Waals surface area contributed by atoms with Gasteiger partial charge in [0.1, 0.15) is 22.5 Å². The third-order valence-corrected chi connectivity index (χ3v) is 4.19. The molecular formula is C16H25N3OS. The minimum Gasteiger partial charge on any atom is -0.295 e. The van der Waals surface area contributed by atoms with E-state index >= 15 is 0 Å². The summed E-state index contributed by atoms with van der Waals surface area (Å²) in [5, 5.41) is 9.78.